The highest BCUT2D eigenvalue weighted by molar-refractivity contribution is 6.52. The summed E-state index contributed by atoms with van der Waals surface area (Å²) in [4.78, 5) is 37.2. The molecular formula is C17H13NO3. The number of hydrogen-bond acceptors (Lipinski definition) is 3. The number of Topliss-reactive ketones (excluding diaryl/α,β-unsaturated/α-hetero) is 2. The molecule has 2 aromatic carbocycles. The highest BCUT2D eigenvalue weighted by Gasteiger charge is 2.36. The van der Waals surface area contributed by atoms with E-state index in [9.17, 15) is 14.4 Å². The Labute approximate surface area is 122 Å². The van der Waals surface area contributed by atoms with E-state index in [2.05, 4.69) is 0 Å². The van der Waals surface area contributed by atoms with Gasteiger partial charge >= 0.3 is 0 Å². The highest BCUT2D eigenvalue weighted by Crippen LogP contribution is 2.28. The maximum Gasteiger partial charge on any atom is 0.299 e. The molecule has 1 amide bonds. The number of fused-ring (bicyclic) bond motifs is 1. The van der Waals surface area contributed by atoms with Gasteiger partial charge in [0.15, 0.2) is 5.78 Å². The van der Waals surface area contributed by atoms with Crippen molar-refractivity contribution >= 4 is 23.2 Å². The zero-order chi connectivity index (χ0) is 14.8. The third-order valence-corrected chi connectivity index (χ3v) is 3.46. The minimum Gasteiger partial charge on any atom is -0.297 e. The lowest BCUT2D eigenvalue weighted by molar-refractivity contribution is -0.120. The third kappa shape index (κ3) is 2.48. The summed E-state index contributed by atoms with van der Waals surface area (Å²) in [5.41, 5.74) is 1.79. The van der Waals surface area contributed by atoms with E-state index < -0.39 is 11.7 Å². The van der Waals surface area contributed by atoms with Crippen molar-refractivity contribution in [3.63, 3.8) is 0 Å². The van der Waals surface area contributed by atoms with Crippen molar-refractivity contribution in [2.24, 2.45) is 0 Å². The van der Waals surface area contributed by atoms with Crippen LogP contribution in [0.3, 0.4) is 0 Å². The first-order valence-corrected chi connectivity index (χ1v) is 6.67. The molecule has 4 nitrogen and oxygen atoms in total. The lowest BCUT2D eigenvalue weighted by atomic mass is 10.1. The summed E-state index contributed by atoms with van der Waals surface area (Å²) in [5.74, 6) is -1.27. The molecule has 3 rings (SSSR count). The molecule has 0 bridgehead atoms. The number of carbonyl (C=O) groups is 3. The Morgan fingerprint density at radius 1 is 0.905 bits per heavy atom. The van der Waals surface area contributed by atoms with Crippen LogP contribution in [-0.2, 0) is 16.0 Å². The van der Waals surface area contributed by atoms with Crippen LogP contribution in [0.1, 0.15) is 15.9 Å². The SMILES string of the molecule is O=C(Cc1ccccc1)CN1C(=O)C(=O)c2ccccc21. The average Bonchev–Trinajstić information content (AvgIpc) is 2.74. The Morgan fingerprint density at radius 2 is 1.57 bits per heavy atom. The number of amides is 1. The molecule has 2 aromatic rings. The number of carbonyl (C=O) groups excluding carboxylic acids is 3. The van der Waals surface area contributed by atoms with E-state index in [1.807, 2.05) is 30.3 Å². The fourth-order valence-corrected chi connectivity index (χ4v) is 2.46. The number of para-hydroxylation sites is 1. The van der Waals surface area contributed by atoms with Gasteiger partial charge in [-0.3, -0.25) is 19.3 Å². The summed E-state index contributed by atoms with van der Waals surface area (Å²) >= 11 is 0. The van der Waals surface area contributed by atoms with Crippen LogP contribution in [0.15, 0.2) is 54.6 Å². The van der Waals surface area contributed by atoms with E-state index in [1.54, 1.807) is 24.3 Å². The third-order valence-electron chi connectivity index (χ3n) is 3.46. The van der Waals surface area contributed by atoms with E-state index in [0.717, 1.165) is 5.56 Å². The summed E-state index contributed by atoms with van der Waals surface area (Å²) in [6.07, 6.45) is 0.251. The molecule has 0 spiro atoms. The maximum absolute atomic E-state index is 12.1. The number of anilines is 1. The molecule has 4 heteroatoms. The van der Waals surface area contributed by atoms with Crippen molar-refractivity contribution < 1.29 is 14.4 Å². The van der Waals surface area contributed by atoms with Gasteiger partial charge in [-0.2, -0.15) is 0 Å². The molecule has 0 N–H and O–H groups in total. The normalized spacial score (nSPS) is 13.4. The molecule has 21 heavy (non-hydrogen) atoms. The van der Waals surface area contributed by atoms with E-state index in [-0.39, 0.29) is 18.7 Å². The Bertz CT molecular complexity index is 722. The van der Waals surface area contributed by atoms with Gasteiger partial charge in [0.1, 0.15) is 0 Å². The molecule has 0 unspecified atom stereocenters. The fourth-order valence-electron chi connectivity index (χ4n) is 2.46. The lowest BCUT2D eigenvalue weighted by Crippen LogP contribution is -2.35. The van der Waals surface area contributed by atoms with Gasteiger partial charge in [0.2, 0.25) is 0 Å². The molecule has 1 heterocycles. The molecule has 0 saturated carbocycles. The largest absolute Gasteiger partial charge is 0.299 e. The number of ketones is 2. The molecule has 1 aliphatic heterocycles. The molecule has 0 aromatic heterocycles. The van der Waals surface area contributed by atoms with Crippen LogP contribution in [0.2, 0.25) is 0 Å². The van der Waals surface area contributed by atoms with Crippen LogP contribution in [0.5, 0.6) is 0 Å². The van der Waals surface area contributed by atoms with Gasteiger partial charge in [-0.1, -0.05) is 42.5 Å². The maximum atomic E-state index is 12.1. The summed E-state index contributed by atoms with van der Waals surface area (Å²) in [6, 6.07) is 16.1. The molecular weight excluding hydrogens is 266 g/mol. The second kappa shape index (κ2) is 5.32. The zero-order valence-electron chi connectivity index (χ0n) is 11.3. The van der Waals surface area contributed by atoms with Crippen LogP contribution < -0.4 is 4.90 Å². The van der Waals surface area contributed by atoms with Gasteiger partial charge in [-0.15, -0.1) is 0 Å². The van der Waals surface area contributed by atoms with E-state index in [4.69, 9.17) is 0 Å². The van der Waals surface area contributed by atoms with Gasteiger partial charge in [0.05, 0.1) is 17.8 Å². The topological polar surface area (TPSA) is 54.5 Å². The second-order valence-corrected chi connectivity index (χ2v) is 4.94. The first-order chi connectivity index (χ1) is 10.2. The van der Waals surface area contributed by atoms with Crippen LogP contribution in [-0.4, -0.2) is 24.0 Å². The van der Waals surface area contributed by atoms with Crippen molar-refractivity contribution in [3.8, 4) is 0 Å². The zero-order valence-corrected chi connectivity index (χ0v) is 11.3. The summed E-state index contributed by atoms with van der Waals surface area (Å²) in [6.45, 7) is -0.0729. The number of rotatable bonds is 4. The number of benzene rings is 2. The van der Waals surface area contributed by atoms with E-state index in [1.165, 1.54) is 4.90 Å². The van der Waals surface area contributed by atoms with Crippen LogP contribution in [0.25, 0.3) is 0 Å². The Balaban J connectivity index is 1.78. The minimum absolute atomic E-state index is 0.0729. The Hall–Kier alpha value is -2.75. The van der Waals surface area contributed by atoms with Crippen molar-refractivity contribution in [2.75, 3.05) is 11.4 Å². The van der Waals surface area contributed by atoms with E-state index >= 15 is 0 Å². The lowest BCUT2D eigenvalue weighted by Gasteiger charge is -2.15. The van der Waals surface area contributed by atoms with Gasteiger partial charge < -0.3 is 0 Å². The number of nitrogens with zero attached hydrogens (tertiary/aromatic N) is 1. The van der Waals surface area contributed by atoms with Crippen LogP contribution in [0.4, 0.5) is 5.69 Å². The molecule has 1 aliphatic rings. The van der Waals surface area contributed by atoms with Crippen molar-refractivity contribution in [3.05, 3.63) is 65.7 Å². The first-order valence-electron chi connectivity index (χ1n) is 6.67. The fraction of sp³-hybridized carbons (Fsp3) is 0.118. The first kappa shape index (κ1) is 13.2. The molecule has 0 radical (unpaired) electrons. The van der Waals surface area contributed by atoms with Crippen molar-refractivity contribution in [1.29, 1.82) is 0 Å². The molecule has 0 fully saturated rings. The monoisotopic (exact) mass is 279 g/mol. The number of hydrogen-bond donors (Lipinski definition) is 0. The Morgan fingerprint density at radius 3 is 2.33 bits per heavy atom. The van der Waals surface area contributed by atoms with Crippen LogP contribution in [0, 0.1) is 0 Å². The van der Waals surface area contributed by atoms with Gasteiger partial charge in [0.25, 0.3) is 11.7 Å². The molecule has 0 aliphatic carbocycles. The summed E-state index contributed by atoms with van der Waals surface area (Å²) < 4.78 is 0. The molecule has 104 valence electrons. The molecule has 0 atom stereocenters. The summed E-state index contributed by atoms with van der Waals surface area (Å²) in [7, 11) is 0. The minimum atomic E-state index is -0.627. The highest BCUT2D eigenvalue weighted by atomic mass is 16.2. The van der Waals surface area contributed by atoms with Gasteiger partial charge in [0, 0.05) is 6.42 Å². The average molecular weight is 279 g/mol. The predicted molar refractivity (Wildman–Crippen MR) is 78.3 cm³/mol. The standard InChI is InChI=1S/C17H13NO3/c19-13(10-12-6-2-1-3-7-12)11-18-15-9-5-4-8-14(15)16(20)17(18)21/h1-9H,10-11H2. The quantitative estimate of drug-likeness (QED) is 0.805. The summed E-state index contributed by atoms with van der Waals surface area (Å²) in [5, 5.41) is 0. The molecule has 0 saturated heterocycles. The van der Waals surface area contributed by atoms with Crippen LogP contribution >= 0.6 is 0 Å². The van der Waals surface area contributed by atoms with Gasteiger partial charge in [-0.25, -0.2) is 0 Å². The smallest absolute Gasteiger partial charge is 0.297 e. The predicted octanol–water partition coefficient (Wildman–Crippen LogP) is 2.03. The van der Waals surface area contributed by atoms with E-state index in [0.29, 0.717) is 11.3 Å². The van der Waals surface area contributed by atoms with Gasteiger partial charge in [-0.05, 0) is 17.7 Å². The Kier molecular flexibility index (Phi) is 3.36. The van der Waals surface area contributed by atoms with Crippen molar-refractivity contribution in [2.45, 2.75) is 6.42 Å². The van der Waals surface area contributed by atoms with Crippen molar-refractivity contribution in [1.82, 2.24) is 0 Å². The second-order valence-electron chi connectivity index (χ2n) is 4.94.